The monoisotopic (exact) mass is 359 g/mol. The first-order valence-corrected chi connectivity index (χ1v) is 8.02. The summed E-state index contributed by atoms with van der Waals surface area (Å²) >= 11 is 0. The summed E-state index contributed by atoms with van der Waals surface area (Å²) in [4.78, 5) is 26.0. The number of carbonyl (C=O) groups is 2. The third-order valence-corrected chi connectivity index (χ3v) is 3.68. The molecule has 0 spiro atoms. The minimum atomic E-state index is -1.11. The Morgan fingerprint density at radius 2 is 1.88 bits per heavy atom. The summed E-state index contributed by atoms with van der Waals surface area (Å²) in [6, 6.07) is 9.28. The van der Waals surface area contributed by atoms with Crippen LogP contribution in [-0.4, -0.2) is 22.6 Å². The number of cyclic esters (lactones) is 1. The Labute approximate surface area is 149 Å². The average molecular weight is 359 g/mol. The van der Waals surface area contributed by atoms with Crippen molar-refractivity contribution in [3.8, 4) is 0 Å². The van der Waals surface area contributed by atoms with Gasteiger partial charge in [-0.3, -0.25) is 4.79 Å². The van der Waals surface area contributed by atoms with E-state index in [-0.39, 0.29) is 24.7 Å². The van der Waals surface area contributed by atoms with Crippen LogP contribution in [0.25, 0.3) is 0 Å². The van der Waals surface area contributed by atoms with E-state index in [0.717, 1.165) is 11.6 Å². The molecule has 136 valence electrons. The van der Waals surface area contributed by atoms with Crippen LogP contribution in [0.5, 0.6) is 0 Å². The smallest absolute Gasteiger partial charge is 0.377 e. The van der Waals surface area contributed by atoms with E-state index in [1.54, 1.807) is 38.1 Å². The Bertz CT molecular complexity index is 824. The molecular formula is C19H18FNO5. The van der Waals surface area contributed by atoms with Gasteiger partial charge in [-0.25, -0.2) is 9.18 Å². The maximum Gasteiger partial charge on any atom is 0.377 e. The van der Waals surface area contributed by atoms with Gasteiger partial charge in [0.15, 0.2) is 0 Å². The van der Waals surface area contributed by atoms with Crippen LogP contribution in [0, 0.1) is 5.82 Å². The number of rotatable bonds is 5. The summed E-state index contributed by atoms with van der Waals surface area (Å²) in [5.74, 6) is -2.17. The molecule has 0 unspecified atom stereocenters. The molecule has 7 heteroatoms. The number of ether oxygens (including phenoxy) is 2. The molecule has 1 aromatic heterocycles. The Kier molecular flexibility index (Phi) is 4.79. The second-order valence-corrected chi connectivity index (χ2v) is 6.30. The quantitative estimate of drug-likeness (QED) is 0.606. The molecule has 1 amide bonds. The third kappa shape index (κ3) is 4.30. The van der Waals surface area contributed by atoms with Crippen LogP contribution in [0.2, 0.25) is 0 Å². The highest BCUT2D eigenvalue weighted by atomic mass is 19.1. The standard InChI is InChI=1S/C19H18FNO5/c1-19(2)25-16(18(23)26-19)10-17(22)21(12-15-4-3-9-24-15)11-13-5-7-14(20)8-6-13/h3-10H,11-12H2,1-2H3. The topological polar surface area (TPSA) is 69.0 Å². The van der Waals surface area contributed by atoms with Crippen molar-refractivity contribution in [1.29, 1.82) is 0 Å². The lowest BCUT2D eigenvalue weighted by molar-refractivity contribution is -0.159. The number of halogens is 1. The number of hydrogen-bond donors (Lipinski definition) is 0. The lowest BCUT2D eigenvalue weighted by Gasteiger charge is -2.20. The minimum Gasteiger partial charge on any atom is -0.467 e. The molecule has 1 aliphatic heterocycles. The number of carbonyl (C=O) groups excluding carboxylic acids is 2. The fourth-order valence-corrected chi connectivity index (χ4v) is 2.51. The van der Waals surface area contributed by atoms with Crippen molar-refractivity contribution in [2.24, 2.45) is 0 Å². The maximum atomic E-state index is 13.1. The number of nitrogens with zero attached hydrogens (tertiary/aromatic N) is 1. The second kappa shape index (κ2) is 7.03. The van der Waals surface area contributed by atoms with Crippen molar-refractivity contribution in [2.75, 3.05) is 0 Å². The fraction of sp³-hybridized carbons (Fsp3) is 0.263. The van der Waals surface area contributed by atoms with Crippen LogP contribution in [0.3, 0.4) is 0 Å². The van der Waals surface area contributed by atoms with Crippen molar-refractivity contribution in [2.45, 2.75) is 32.7 Å². The molecule has 0 radical (unpaired) electrons. The molecule has 1 aliphatic rings. The number of furan rings is 1. The molecule has 1 saturated heterocycles. The number of hydrogen-bond acceptors (Lipinski definition) is 5. The first kappa shape index (κ1) is 17.7. The van der Waals surface area contributed by atoms with Gasteiger partial charge in [-0.2, -0.15) is 0 Å². The Balaban J connectivity index is 1.81. The van der Waals surface area contributed by atoms with Gasteiger partial charge in [-0.05, 0) is 29.8 Å². The zero-order valence-electron chi connectivity index (χ0n) is 14.4. The summed E-state index contributed by atoms with van der Waals surface area (Å²) in [6.07, 6.45) is 2.61. The molecule has 1 fully saturated rings. The molecule has 0 N–H and O–H groups in total. The van der Waals surface area contributed by atoms with E-state index in [1.807, 2.05) is 0 Å². The summed E-state index contributed by atoms with van der Waals surface area (Å²) in [5, 5.41) is 0. The Morgan fingerprint density at radius 3 is 2.46 bits per heavy atom. The highest BCUT2D eigenvalue weighted by molar-refractivity contribution is 5.98. The van der Waals surface area contributed by atoms with Gasteiger partial charge < -0.3 is 18.8 Å². The fourth-order valence-electron chi connectivity index (χ4n) is 2.51. The van der Waals surface area contributed by atoms with Gasteiger partial charge >= 0.3 is 5.97 Å². The van der Waals surface area contributed by atoms with Gasteiger partial charge in [-0.1, -0.05) is 12.1 Å². The average Bonchev–Trinajstić information content (AvgIpc) is 3.16. The van der Waals surface area contributed by atoms with E-state index in [1.165, 1.54) is 23.3 Å². The SMILES string of the molecule is CC1(C)OC(=O)C(=CC(=O)N(Cc2ccc(F)cc2)Cc2ccco2)O1. The zero-order chi connectivity index (χ0) is 18.7. The maximum absolute atomic E-state index is 13.1. The molecule has 1 aromatic carbocycles. The van der Waals surface area contributed by atoms with Crippen molar-refractivity contribution < 1.29 is 27.9 Å². The summed E-state index contributed by atoms with van der Waals surface area (Å²) < 4.78 is 28.8. The van der Waals surface area contributed by atoms with Crippen molar-refractivity contribution >= 4 is 11.9 Å². The van der Waals surface area contributed by atoms with Gasteiger partial charge in [-0.15, -0.1) is 0 Å². The van der Waals surface area contributed by atoms with E-state index in [9.17, 15) is 14.0 Å². The van der Waals surface area contributed by atoms with E-state index < -0.39 is 17.7 Å². The predicted molar refractivity (Wildman–Crippen MR) is 88.7 cm³/mol. The van der Waals surface area contributed by atoms with Gasteiger partial charge in [0.05, 0.1) is 18.9 Å². The number of benzene rings is 1. The molecule has 3 rings (SSSR count). The lowest BCUT2D eigenvalue weighted by Crippen LogP contribution is -2.29. The normalized spacial score (nSPS) is 17.0. The van der Waals surface area contributed by atoms with Crippen molar-refractivity contribution in [3.05, 3.63) is 71.6 Å². The highest BCUT2D eigenvalue weighted by Gasteiger charge is 2.38. The molecule has 0 atom stereocenters. The van der Waals surface area contributed by atoms with Crippen LogP contribution in [-0.2, 0) is 32.2 Å². The van der Waals surface area contributed by atoms with Crippen molar-refractivity contribution in [1.82, 2.24) is 4.90 Å². The molecule has 0 bridgehead atoms. The van der Waals surface area contributed by atoms with E-state index in [0.29, 0.717) is 5.76 Å². The second-order valence-electron chi connectivity index (χ2n) is 6.30. The number of amides is 1. The molecule has 0 aliphatic carbocycles. The molecule has 6 nitrogen and oxygen atoms in total. The third-order valence-electron chi connectivity index (χ3n) is 3.68. The zero-order valence-corrected chi connectivity index (χ0v) is 14.4. The van der Waals surface area contributed by atoms with Crippen LogP contribution in [0.15, 0.2) is 58.9 Å². The van der Waals surface area contributed by atoms with E-state index in [4.69, 9.17) is 13.9 Å². The van der Waals surface area contributed by atoms with Crippen LogP contribution in [0.4, 0.5) is 4.39 Å². The number of esters is 1. The van der Waals surface area contributed by atoms with E-state index >= 15 is 0 Å². The van der Waals surface area contributed by atoms with Gasteiger partial charge in [0.1, 0.15) is 11.6 Å². The van der Waals surface area contributed by atoms with Gasteiger partial charge in [0.25, 0.3) is 5.91 Å². The first-order chi connectivity index (χ1) is 12.3. The van der Waals surface area contributed by atoms with Crippen molar-refractivity contribution in [3.63, 3.8) is 0 Å². The molecule has 0 saturated carbocycles. The van der Waals surface area contributed by atoms with Crippen LogP contribution in [0.1, 0.15) is 25.2 Å². The molecule has 26 heavy (non-hydrogen) atoms. The molecule has 2 aromatic rings. The molecule has 2 heterocycles. The van der Waals surface area contributed by atoms with Gasteiger partial charge in [0.2, 0.25) is 11.5 Å². The minimum absolute atomic E-state index is 0.149. The molecular weight excluding hydrogens is 341 g/mol. The van der Waals surface area contributed by atoms with E-state index in [2.05, 4.69) is 0 Å². The summed E-state index contributed by atoms with van der Waals surface area (Å²) in [5.41, 5.74) is 0.736. The Morgan fingerprint density at radius 1 is 1.15 bits per heavy atom. The summed E-state index contributed by atoms with van der Waals surface area (Å²) in [7, 11) is 0. The first-order valence-electron chi connectivity index (χ1n) is 8.02. The lowest BCUT2D eigenvalue weighted by atomic mass is 10.2. The summed E-state index contributed by atoms with van der Waals surface area (Å²) in [6.45, 7) is 3.55. The van der Waals surface area contributed by atoms with Crippen LogP contribution < -0.4 is 0 Å². The van der Waals surface area contributed by atoms with Gasteiger partial charge in [0, 0.05) is 20.4 Å². The largest absolute Gasteiger partial charge is 0.467 e. The Hall–Kier alpha value is -3.09. The predicted octanol–water partition coefficient (Wildman–Crippen LogP) is 3.14. The van der Waals surface area contributed by atoms with Crippen LogP contribution >= 0.6 is 0 Å². The highest BCUT2D eigenvalue weighted by Crippen LogP contribution is 2.26.